The highest BCUT2D eigenvalue weighted by atomic mass is 14.1. The van der Waals surface area contributed by atoms with E-state index in [1.165, 1.54) is 94.5 Å². The third-order valence-electron chi connectivity index (χ3n) is 7.48. The summed E-state index contributed by atoms with van der Waals surface area (Å²) in [7, 11) is 0. The maximum Gasteiger partial charge on any atom is 0.0251 e. The third kappa shape index (κ3) is 6.39. The lowest BCUT2D eigenvalue weighted by Crippen LogP contribution is -1.83. The molecule has 5 aromatic rings. The molecule has 0 fully saturated rings. The van der Waals surface area contributed by atoms with Crippen molar-refractivity contribution >= 4 is 43.1 Å². The van der Waals surface area contributed by atoms with Crippen molar-refractivity contribution in [3.63, 3.8) is 0 Å². The van der Waals surface area contributed by atoms with Crippen LogP contribution in [0, 0.1) is 23.7 Å². The second-order valence-electron chi connectivity index (χ2n) is 10.6. The molecule has 190 valence electrons. The first-order valence-electron chi connectivity index (χ1n) is 14.6. The lowest BCUT2D eigenvalue weighted by molar-refractivity contribution is 0.679. The van der Waals surface area contributed by atoms with E-state index in [1.54, 1.807) is 0 Å². The van der Waals surface area contributed by atoms with Crippen molar-refractivity contribution in [2.75, 3.05) is 0 Å². The molecule has 0 unspecified atom stereocenters. The summed E-state index contributed by atoms with van der Waals surface area (Å²) in [5, 5.41) is 10.2. The highest BCUT2D eigenvalue weighted by Crippen LogP contribution is 2.31. The molecular weight excluding hydrogens is 456 g/mol. The maximum atomic E-state index is 3.38. The summed E-state index contributed by atoms with van der Waals surface area (Å²) in [5.74, 6) is 13.5. The fourth-order valence-electron chi connectivity index (χ4n) is 5.27. The highest BCUT2D eigenvalue weighted by molar-refractivity contribution is 6.08. The van der Waals surface area contributed by atoms with Gasteiger partial charge in [-0.3, -0.25) is 0 Å². The van der Waals surface area contributed by atoms with Gasteiger partial charge in [0.05, 0.1) is 0 Å². The Balaban J connectivity index is 1.40. The van der Waals surface area contributed by atoms with Crippen molar-refractivity contribution in [2.24, 2.45) is 0 Å². The second kappa shape index (κ2) is 12.7. The quantitative estimate of drug-likeness (QED) is 0.114. The Morgan fingerprint density at radius 2 is 0.763 bits per heavy atom. The van der Waals surface area contributed by atoms with Crippen molar-refractivity contribution in [2.45, 2.75) is 78.1 Å². The van der Waals surface area contributed by atoms with Gasteiger partial charge in [-0.25, -0.2) is 0 Å². The lowest BCUT2D eigenvalue weighted by atomic mass is 9.96. The van der Waals surface area contributed by atoms with Crippen molar-refractivity contribution in [3.8, 4) is 23.7 Å². The number of fused-ring (bicyclic) bond motifs is 4. The fourth-order valence-corrected chi connectivity index (χ4v) is 5.27. The zero-order valence-electron chi connectivity index (χ0n) is 23.0. The van der Waals surface area contributed by atoms with Gasteiger partial charge < -0.3 is 0 Å². The summed E-state index contributed by atoms with van der Waals surface area (Å²) in [6.45, 7) is 4.50. The Labute approximate surface area is 228 Å². The van der Waals surface area contributed by atoms with Crippen LogP contribution in [0.3, 0.4) is 0 Å². The molecule has 0 N–H and O–H groups in total. The van der Waals surface area contributed by atoms with Gasteiger partial charge in [0.15, 0.2) is 0 Å². The molecular formula is C38H38. The van der Waals surface area contributed by atoms with Crippen LogP contribution < -0.4 is 0 Å². The van der Waals surface area contributed by atoms with Crippen molar-refractivity contribution in [1.29, 1.82) is 0 Å². The smallest absolute Gasteiger partial charge is 0.0251 e. The molecule has 0 aliphatic heterocycles. The van der Waals surface area contributed by atoms with Crippen LogP contribution in [0.2, 0.25) is 0 Å². The fraction of sp³-hybridized carbons (Fsp3) is 0.316. The Kier molecular flexibility index (Phi) is 8.64. The second-order valence-corrected chi connectivity index (χ2v) is 10.6. The van der Waals surface area contributed by atoms with E-state index in [9.17, 15) is 0 Å². The molecule has 0 saturated carbocycles. The first-order chi connectivity index (χ1) is 18.7. The van der Waals surface area contributed by atoms with Gasteiger partial charge in [0.1, 0.15) is 0 Å². The monoisotopic (exact) mass is 494 g/mol. The zero-order valence-corrected chi connectivity index (χ0v) is 23.0. The Hall–Kier alpha value is -3.74. The third-order valence-corrected chi connectivity index (χ3v) is 7.48. The van der Waals surface area contributed by atoms with Gasteiger partial charge in [0.25, 0.3) is 0 Å². The molecule has 38 heavy (non-hydrogen) atoms. The van der Waals surface area contributed by atoms with Crippen LogP contribution in [-0.4, -0.2) is 0 Å². The van der Waals surface area contributed by atoms with Gasteiger partial charge in [-0.1, -0.05) is 88.2 Å². The van der Waals surface area contributed by atoms with Gasteiger partial charge in [0.2, 0.25) is 0 Å². The predicted octanol–water partition coefficient (Wildman–Crippen LogP) is 10.9. The van der Waals surface area contributed by atoms with Gasteiger partial charge in [-0.2, -0.15) is 0 Å². The average Bonchev–Trinajstić information content (AvgIpc) is 2.93. The van der Waals surface area contributed by atoms with Gasteiger partial charge in [0, 0.05) is 24.0 Å². The predicted molar refractivity (Wildman–Crippen MR) is 168 cm³/mol. The molecule has 5 aromatic carbocycles. The van der Waals surface area contributed by atoms with Crippen LogP contribution in [0.1, 0.15) is 89.2 Å². The molecule has 0 bridgehead atoms. The normalized spacial score (nSPS) is 11.0. The summed E-state index contributed by atoms with van der Waals surface area (Å²) in [6, 6.07) is 27.2. The number of hydrogen-bond donors (Lipinski definition) is 0. The molecule has 0 radical (unpaired) electrons. The molecule has 0 saturated heterocycles. The molecule has 0 aliphatic rings. The van der Waals surface area contributed by atoms with E-state index in [4.69, 9.17) is 0 Å². The summed E-state index contributed by atoms with van der Waals surface area (Å²) >= 11 is 0. The number of unbranched alkanes of at least 4 members (excludes halogenated alkanes) is 8. The van der Waals surface area contributed by atoms with E-state index in [1.807, 2.05) is 0 Å². The van der Waals surface area contributed by atoms with Crippen molar-refractivity contribution in [1.82, 2.24) is 0 Å². The molecule has 0 spiro atoms. The maximum absolute atomic E-state index is 3.38. The first-order valence-corrected chi connectivity index (χ1v) is 14.6. The Morgan fingerprint density at radius 1 is 0.395 bits per heavy atom. The van der Waals surface area contributed by atoms with E-state index in [2.05, 4.69) is 110 Å². The van der Waals surface area contributed by atoms with Crippen LogP contribution in [-0.2, 0) is 0 Å². The van der Waals surface area contributed by atoms with E-state index in [0.29, 0.717) is 0 Å². The molecule has 5 rings (SSSR count). The molecule has 0 heteroatoms. The molecule has 0 aromatic heterocycles. The minimum atomic E-state index is 0.989. The molecule has 0 aliphatic carbocycles. The topological polar surface area (TPSA) is 0 Å². The molecule has 0 amide bonds. The largest absolute Gasteiger partial charge is 0.0979 e. The van der Waals surface area contributed by atoms with Crippen LogP contribution in [0.15, 0.2) is 72.8 Å². The van der Waals surface area contributed by atoms with Gasteiger partial charge in [-0.05, 0) is 117 Å². The minimum Gasteiger partial charge on any atom is -0.0979 e. The number of rotatable bonds is 8. The Morgan fingerprint density at radius 3 is 1.16 bits per heavy atom. The van der Waals surface area contributed by atoms with Crippen LogP contribution in [0.4, 0.5) is 0 Å². The summed E-state index contributed by atoms with van der Waals surface area (Å²) in [6.07, 6.45) is 12.1. The summed E-state index contributed by atoms with van der Waals surface area (Å²) < 4.78 is 0. The molecule has 0 nitrogen and oxygen atoms in total. The van der Waals surface area contributed by atoms with Crippen molar-refractivity contribution in [3.05, 3.63) is 83.9 Å². The van der Waals surface area contributed by atoms with Crippen LogP contribution in [0.5, 0.6) is 0 Å². The zero-order chi connectivity index (χ0) is 26.2. The standard InChI is InChI=1S/C38H38/c1-3-5-7-9-11-13-15-29-17-19-31-23-35-28-38-26-34-22-30(16-14-12-10-8-6-4-2)18-20-32(34)24-36(38)27-37(35)25-33(31)21-29/h17-28H,3-12H2,1-2H3. The van der Waals surface area contributed by atoms with E-state index in [-0.39, 0.29) is 0 Å². The van der Waals surface area contributed by atoms with Crippen LogP contribution >= 0.6 is 0 Å². The number of hydrogen-bond acceptors (Lipinski definition) is 0. The minimum absolute atomic E-state index is 0.989. The summed E-state index contributed by atoms with van der Waals surface area (Å²) in [4.78, 5) is 0. The SMILES string of the molecule is CCCCCCC#Cc1ccc2cc3cc4cc5cc(C#CCCCCCC)ccc5cc4cc3cc2c1. The molecule has 0 atom stereocenters. The average molecular weight is 495 g/mol. The van der Waals surface area contributed by atoms with Gasteiger partial charge >= 0.3 is 0 Å². The van der Waals surface area contributed by atoms with Gasteiger partial charge in [-0.15, -0.1) is 0 Å². The van der Waals surface area contributed by atoms with E-state index >= 15 is 0 Å². The Bertz CT molecular complexity index is 1570. The summed E-state index contributed by atoms with van der Waals surface area (Å²) in [5.41, 5.74) is 2.22. The lowest BCUT2D eigenvalue weighted by Gasteiger charge is -2.08. The highest BCUT2D eigenvalue weighted by Gasteiger charge is 2.05. The van der Waals surface area contributed by atoms with Crippen molar-refractivity contribution < 1.29 is 0 Å². The van der Waals surface area contributed by atoms with E-state index < -0.39 is 0 Å². The van der Waals surface area contributed by atoms with E-state index in [0.717, 1.165) is 24.0 Å². The van der Waals surface area contributed by atoms with Crippen LogP contribution in [0.25, 0.3) is 43.1 Å². The first kappa shape index (κ1) is 25.9. The number of benzene rings is 5. The molecule has 0 heterocycles.